The van der Waals surface area contributed by atoms with E-state index < -0.39 is 6.17 Å². The van der Waals surface area contributed by atoms with Crippen molar-refractivity contribution >= 4 is 0 Å². The first kappa shape index (κ1) is 20.0. The highest BCUT2D eigenvalue weighted by Crippen LogP contribution is 2.51. The van der Waals surface area contributed by atoms with E-state index in [0.717, 1.165) is 42.7 Å². The molecule has 2 saturated heterocycles. The minimum Gasteiger partial charge on any atom is -0.374 e. The molecule has 2 saturated carbocycles. The maximum absolute atomic E-state index is 13.6. The van der Waals surface area contributed by atoms with E-state index in [1.807, 2.05) is 6.08 Å². The summed E-state index contributed by atoms with van der Waals surface area (Å²) in [7, 11) is 0. The van der Waals surface area contributed by atoms with E-state index in [1.165, 1.54) is 57.8 Å². The van der Waals surface area contributed by atoms with Gasteiger partial charge in [0.25, 0.3) is 0 Å². The van der Waals surface area contributed by atoms with Crippen LogP contribution in [-0.2, 0) is 4.74 Å². The fourth-order valence-corrected chi connectivity index (χ4v) is 8.33. The molecule has 2 nitrogen and oxygen atoms in total. The molecule has 0 aromatic heterocycles. The number of hydrogen-bond donors (Lipinski definition) is 1. The van der Waals surface area contributed by atoms with Gasteiger partial charge in [0.05, 0.1) is 12.2 Å². The molecule has 0 radical (unpaired) electrons. The molecule has 0 aromatic rings. The molecule has 2 aliphatic heterocycles. The number of hydrogen-bond acceptors (Lipinski definition) is 2. The van der Waals surface area contributed by atoms with Gasteiger partial charge in [-0.3, -0.25) is 0 Å². The molecule has 0 spiro atoms. The molecule has 0 amide bonds. The van der Waals surface area contributed by atoms with Gasteiger partial charge in [0, 0.05) is 18.0 Å². The Morgan fingerprint density at radius 1 is 0.767 bits per heavy atom. The molecule has 2 heterocycles. The summed E-state index contributed by atoms with van der Waals surface area (Å²) in [5, 5.41) is 4.12. The van der Waals surface area contributed by atoms with Crippen molar-refractivity contribution in [3.8, 4) is 0 Å². The highest BCUT2D eigenvalue weighted by Gasteiger charge is 2.51. The molecular formula is C27H40FNO. The fourth-order valence-electron chi connectivity index (χ4n) is 8.33. The van der Waals surface area contributed by atoms with Crippen molar-refractivity contribution in [3.63, 3.8) is 0 Å². The van der Waals surface area contributed by atoms with Crippen LogP contribution in [0, 0.1) is 35.5 Å². The summed E-state index contributed by atoms with van der Waals surface area (Å²) >= 11 is 0. The molecule has 6 aliphatic rings. The molecule has 0 bridgehead atoms. The number of fused-ring (bicyclic) bond motifs is 4. The lowest BCUT2D eigenvalue weighted by atomic mass is 9.66. The van der Waals surface area contributed by atoms with Crippen molar-refractivity contribution in [2.75, 3.05) is 0 Å². The number of alkyl halides is 1. The summed E-state index contributed by atoms with van der Waals surface area (Å²) < 4.78 is 20.5. The van der Waals surface area contributed by atoms with Gasteiger partial charge < -0.3 is 10.1 Å². The third-order valence-electron chi connectivity index (χ3n) is 9.93. The topological polar surface area (TPSA) is 21.3 Å². The van der Waals surface area contributed by atoms with E-state index in [4.69, 9.17) is 4.74 Å². The van der Waals surface area contributed by atoms with Crippen LogP contribution in [-0.4, -0.2) is 30.5 Å². The molecular weight excluding hydrogens is 373 g/mol. The van der Waals surface area contributed by atoms with Gasteiger partial charge in [-0.05, 0) is 93.8 Å². The zero-order valence-electron chi connectivity index (χ0n) is 18.4. The van der Waals surface area contributed by atoms with Gasteiger partial charge in [-0.25, -0.2) is 4.39 Å². The lowest BCUT2D eigenvalue weighted by molar-refractivity contribution is -0.0372. The second-order valence-corrected chi connectivity index (χ2v) is 11.4. The zero-order valence-corrected chi connectivity index (χ0v) is 18.4. The lowest BCUT2D eigenvalue weighted by Crippen LogP contribution is -2.53. The molecule has 3 heteroatoms. The van der Waals surface area contributed by atoms with Gasteiger partial charge in [-0.15, -0.1) is 0 Å². The summed E-state index contributed by atoms with van der Waals surface area (Å²) in [5.74, 6) is 4.15. The molecule has 4 fully saturated rings. The van der Waals surface area contributed by atoms with Crippen molar-refractivity contribution in [1.29, 1.82) is 0 Å². The van der Waals surface area contributed by atoms with Crippen LogP contribution in [0.15, 0.2) is 24.3 Å². The lowest BCUT2D eigenvalue weighted by Gasteiger charge is -2.45. The van der Waals surface area contributed by atoms with Gasteiger partial charge in [0.1, 0.15) is 6.17 Å². The van der Waals surface area contributed by atoms with E-state index in [0.29, 0.717) is 36.4 Å². The van der Waals surface area contributed by atoms with E-state index in [-0.39, 0.29) is 0 Å². The predicted molar refractivity (Wildman–Crippen MR) is 119 cm³/mol. The first-order chi connectivity index (χ1) is 14.8. The zero-order chi connectivity index (χ0) is 20.1. The summed E-state index contributed by atoms with van der Waals surface area (Å²) in [6.07, 6.45) is 24.4. The van der Waals surface area contributed by atoms with Gasteiger partial charge in [0.15, 0.2) is 0 Å². The van der Waals surface area contributed by atoms with Crippen molar-refractivity contribution < 1.29 is 9.13 Å². The fraction of sp³-hybridized carbons (Fsp3) is 0.852. The van der Waals surface area contributed by atoms with Crippen LogP contribution in [0.1, 0.15) is 77.0 Å². The Morgan fingerprint density at radius 2 is 1.63 bits per heavy atom. The molecule has 6 rings (SSSR count). The smallest absolute Gasteiger partial charge is 0.118 e. The summed E-state index contributed by atoms with van der Waals surface area (Å²) in [5.41, 5.74) is 0. The summed E-state index contributed by atoms with van der Waals surface area (Å²) in [4.78, 5) is 0. The van der Waals surface area contributed by atoms with Crippen molar-refractivity contribution in [1.82, 2.24) is 5.32 Å². The SMILES string of the molecule is FC1C=CC(C2CC=CC3C4CCC(C5CCC6CCCCC6N5)CC4OC32)CC1. The highest BCUT2D eigenvalue weighted by molar-refractivity contribution is 5.14. The first-order valence-corrected chi connectivity index (χ1v) is 13.2. The minimum atomic E-state index is -0.726. The van der Waals surface area contributed by atoms with Gasteiger partial charge >= 0.3 is 0 Å². The largest absolute Gasteiger partial charge is 0.374 e. The molecule has 30 heavy (non-hydrogen) atoms. The highest BCUT2D eigenvalue weighted by atomic mass is 19.1. The predicted octanol–water partition coefficient (Wildman–Crippen LogP) is 5.98. The molecule has 1 N–H and O–H groups in total. The van der Waals surface area contributed by atoms with Crippen molar-refractivity contribution in [3.05, 3.63) is 24.3 Å². The monoisotopic (exact) mass is 413 g/mol. The Kier molecular flexibility index (Phi) is 5.56. The van der Waals surface area contributed by atoms with Crippen LogP contribution in [0.3, 0.4) is 0 Å². The standard InChI is InChI=1S/C27H40FNO/c28-20-12-8-17(9-13-20)21-5-3-6-23-22-14-10-19(16-26(22)30-27(21)23)25-15-11-18-4-1-2-7-24(18)29-25/h3,6,8,12,17-27,29H,1-2,4-5,7,9-11,13-16H2. The average molecular weight is 414 g/mol. The van der Waals surface area contributed by atoms with E-state index in [9.17, 15) is 4.39 Å². The maximum Gasteiger partial charge on any atom is 0.118 e. The van der Waals surface area contributed by atoms with Crippen LogP contribution >= 0.6 is 0 Å². The molecule has 11 unspecified atom stereocenters. The quantitative estimate of drug-likeness (QED) is 0.563. The normalized spacial score (nSPS) is 53.0. The number of ether oxygens (including phenoxy) is 1. The van der Waals surface area contributed by atoms with E-state index in [1.54, 1.807) is 0 Å². The second-order valence-electron chi connectivity index (χ2n) is 11.4. The molecule has 11 atom stereocenters. The Labute approximate surface area is 182 Å². The Hall–Kier alpha value is -0.670. The number of halogens is 1. The van der Waals surface area contributed by atoms with Gasteiger partial charge in [-0.2, -0.15) is 0 Å². The van der Waals surface area contributed by atoms with Crippen molar-refractivity contribution in [2.24, 2.45) is 35.5 Å². The number of nitrogens with one attached hydrogen (secondary N) is 1. The summed E-state index contributed by atoms with van der Waals surface area (Å²) in [6, 6.07) is 1.53. The Balaban J connectivity index is 1.12. The van der Waals surface area contributed by atoms with E-state index >= 15 is 0 Å². The van der Waals surface area contributed by atoms with Crippen LogP contribution in [0.25, 0.3) is 0 Å². The number of rotatable bonds is 2. The van der Waals surface area contributed by atoms with Gasteiger partial charge in [-0.1, -0.05) is 37.1 Å². The van der Waals surface area contributed by atoms with Crippen LogP contribution in [0.4, 0.5) is 4.39 Å². The molecule has 4 aliphatic carbocycles. The van der Waals surface area contributed by atoms with Crippen molar-refractivity contribution in [2.45, 2.75) is 108 Å². The van der Waals surface area contributed by atoms with E-state index in [2.05, 4.69) is 23.5 Å². The van der Waals surface area contributed by atoms with Crippen LogP contribution < -0.4 is 5.32 Å². The van der Waals surface area contributed by atoms with Gasteiger partial charge in [0.2, 0.25) is 0 Å². The minimum absolute atomic E-state index is 0.372. The van der Waals surface area contributed by atoms with Crippen LogP contribution in [0.2, 0.25) is 0 Å². The summed E-state index contributed by atoms with van der Waals surface area (Å²) in [6.45, 7) is 0. The number of piperidine rings is 1. The number of allylic oxidation sites excluding steroid dienone is 3. The third-order valence-corrected chi connectivity index (χ3v) is 9.93. The average Bonchev–Trinajstić information content (AvgIpc) is 3.17. The molecule has 0 aromatic carbocycles. The first-order valence-electron chi connectivity index (χ1n) is 13.2. The molecule has 166 valence electrons. The third kappa shape index (κ3) is 3.62. The maximum atomic E-state index is 13.6. The Morgan fingerprint density at radius 3 is 2.53 bits per heavy atom. The second kappa shape index (κ2) is 8.35. The Bertz CT molecular complexity index is 676. The van der Waals surface area contributed by atoms with Crippen LogP contribution in [0.5, 0.6) is 0 Å².